The van der Waals surface area contributed by atoms with E-state index >= 15 is 0 Å². The molecule has 0 saturated carbocycles. The summed E-state index contributed by atoms with van der Waals surface area (Å²) >= 11 is 0. The minimum Gasteiger partial charge on any atom is -0.497 e. The van der Waals surface area contributed by atoms with E-state index < -0.39 is 0 Å². The van der Waals surface area contributed by atoms with Crippen LogP contribution in [-0.2, 0) is 6.54 Å². The maximum Gasteiger partial charge on any atom is 0.294 e. The van der Waals surface area contributed by atoms with E-state index in [1.165, 1.54) is 0 Å². The molecule has 154 valence electrons. The van der Waals surface area contributed by atoms with Crippen LogP contribution in [0, 0.1) is 0 Å². The number of rotatable bonds is 5. The van der Waals surface area contributed by atoms with Gasteiger partial charge in [0.25, 0.3) is 5.56 Å². The van der Waals surface area contributed by atoms with Crippen molar-refractivity contribution in [1.82, 2.24) is 14.9 Å². The van der Waals surface area contributed by atoms with E-state index in [-0.39, 0.29) is 17.2 Å². The van der Waals surface area contributed by atoms with Gasteiger partial charge in [-0.1, -0.05) is 12.1 Å². The van der Waals surface area contributed by atoms with Crippen LogP contribution in [-0.4, -0.2) is 35.6 Å². The van der Waals surface area contributed by atoms with Crippen LogP contribution < -0.4 is 15.0 Å². The van der Waals surface area contributed by atoms with Crippen LogP contribution in [0.25, 0.3) is 22.1 Å². The SMILES string of the molecule is COc1ccc(OC)c([C@@H]2CCCN2Cc2nc3c(oc4ccccc43)c(=O)[nH]2)c1. The van der Waals surface area contributed by atoms with Gasteiger partial charge in [0, 0.05) is 17.0 Å². The molecule has 30 heavy (non-hydrogen) atoms. The van der Waals surface area contributed by atoms with Gasteiger partial charge in [0.1, 0.15) is 28.4 Å². The number of benzene rings is 2. The van der Waals surface area contributed by atoms with Crippen molar-refractivity contribution >= 4 is 22.1 Å². The lowest BCUT2D eigenvalue weighted by Gasteiger charge is -2.26. The van der Waals surface area contributed by atoms with Gasteiger partial charge in [-0.25, -0.2) is 4.98 Å². The summed E-state index contributed by atoms with van der Waals surface area (Å²) in [5, 5.41) is 0.854. The van der Waals surface area contributed by atoms with Crippen molar-refractivity contribution in [3.8, 4) is 11.5 Å². The number of ether oxygens (including phenoxy) is 2. The summed E-state index contributed by atoms with van der Waals surface area (Å²) in [5.74, 6) is 2.27. The Morgan fingerprint density at radius 2 is 2.07 bits per heavy atom. The lowest BCUT2D eigenvalue weighted by molar-refractivity contribution is 0.236. The first-order valence-electron chi connectivity index (χ1n) is 10.0. The Hall–Kier alpha value is -3.32. The molecule has 0 spiro atoms. The summed E-state index contributed by atoms with van der Waals surface area (Å²) < 4.78 is 16.7. The van der Waals surface area contributed by atoms with E-state index in [1.807, 2.05) is 42.5 Å². The molecule has 1 fully saturated rings. The Kier molecular flexibility index (Phi) is 4.67. The molecule has 4 aromatic rings. The summed E-state index contributed by atoms with van der Waals surface area (Å²) in [4.78, 5) is 22.6. The van der Waals surface area contributed by atoms with Crippen molar-refractivity contribution in [2.45, 2.75) is 25.4 Å². The molecule has 1 N–H and O–H groups in total. The number of fused-ring (bicyclic) bond motifs is 3. The second-order valence-electron chi connectivity index (χ2n) is 7.52. The maximum atomic E-state index is 12.6. The highest BCUT2D eigenvalue weighted by atomic mass is 16.5. The largest absolute Gasteiger partial charge is 0.497 e. The van der Waals surface area contributed by atoms with Gasteiger partial charge < -0.3 is 18.9 Å². The van der Waals surface area contributed by atoms with Crippen molar-refractivity contribution in [3.05, 3.63) is 64.2 Å². The summed E-state index contributed by atoms with van der Waals surface area (Å²) in [6, 6.07) is 13.6. The topological polar surface area (TPSA) is 80.6 Å². The third-order valence-electron chi connectivity index (χ3n) is 5.79. The Morgan fingerprint density at radius 3 is 2.90 bits per heavy atom. The number of hydrogen-bond donors (Lipinski definition) is 1. The monoisotopic (exact) mass is 405 g/mol. The zero-order valence-corrected chi connectivity index (χ0v) is 17.0. The van der Waals surface area contributed by atoms with Crippen molar-refractivity contribution in [2.24, 2.45) is 0 Å². The van der Waals surface area contributed by atoms with Crippen molar-refractivity contribution in [2.75, 3.05) is 20.8 Å². The van der Waals surface area contributed by atoms with Crippen molar-refractivity contribution < 1.29 is 13.9 Å². The number of furan rings is 1. The smallest absolute Gasteiger partial charge is 0.294 e. The molecule has 7 nitrogen and oxygen atoms in total. The van der Waals surface area contributed by atoms with E-state index in [0.717, 1.165) is 41.8 Å². The predicted octanol–water partition coefficient (Wildman–Crippen LogP) is 4.02. The van der Waals surface area contributed by atoms with Gasteiger partial charge in [-0.15, -0.1) is 0 Å². The summed E-state index contributed by atoms with van der Waals surface area (Å²) in [6.45, 7) is 1.45. The highest BCUT2D eigenvalue weighted by Gasteiger charge is 2.29. The van der Waals surface area contributed by atoms with Gasteiger partial charge in [0.2, 0.25) is 5.58 Å². The first-order valence-corrected chi connectivity index (χ1v) is 10.0. The maximum absolute atomic E-state index is 12.6. The summed E-state index contributed by atoms with van der Waals surface area (Å²) in [5.41, 5.74) is 2.39. The Balaban J connectivity index is 1.52. The fourth-order valence-corrected chi connectivity index (χ4v) is 4.38. The van der Waals surface area contributed by atoms with Crippen LogP contribution in [0.4, 0.5) is 0 Å². The minimum atomic E-state index is -0.249. The second-order valence-corrected chi connectivity index (χ2v) is 7.52. The first kappa shape index (κ1) is 18.7. The standard InChI is InChI=1S/C23H23N3O4/c1-28-14-9-10-18(29-2)16(12-14)17-7-5-11-26(17)13-20-24-21-15-6-3-4-8-19(15)30-22(21)23(27)25-20/h3-4,6,8-10,12,17H,5,7,11,13H2,1-2H3,(H,24,25,27)/t17-/m0/s1. The van der Waals surface area contributed by atoms with Gasteiger partial charge in [0.15, 0.2) is 0 Å². The van der Waals surface area contributed by atoms with E-state index in [4.69, 9.17) is 18.9 Å². The number of likely N-dealkylation sites (tertiary alicyclic amines) is 1. The molecule has 1 aliphatic heterocycles. The highest BCUT2D eigenvalue weighted by Crippen LogP contribution is 2.39. The number of hydrogen-bond acceptors (Lipinski definition) is 6. The van der Waals surface area contributed by atoms with Crippen LogP contribution in [0.5, 0.6) is 11.5 Å². The first-order chi connectivity index (χ1) is 14.7. The minimum absolute atomic E-state index is 0.164. The van der Waals surface area contributed by atoms with Crippen LogP contribution in [0.2, 0.25) is 0 Å². The molecule has 0 bridgehead atoms. The Morgan fingerprint density at radius 1 is 1.20 bits per heavy atom. The third kappa shape index (κ3) is 3.11. The van der Waals surface area contributed by atoms with Crippen molar-refractivity contribution in [3.63, 3.8) is 0 Å². The molecule has 1 saturated heterocycles. The quantitative estimate of drug-likeness (QED) is 0.540. The molecule has 3 heterocycles. The van der Waals surface area contributed by atoms with E-state index in [9.17, 15) is 4.79 Å². The normalized spacial score (nSPS) is 17.1. The van der Waals surface area contributed by atoms with Crippen LogP contribution in [0.3, 0.4) is 0 Å². The third-order valence-corrected chi connectivity index (χ3v) is 5.79. The average Bonchev–Trinajstić information content (AvgIpc) is 3.38. The molecule has 0 aliphatic carbocycles. The number of H-pyrrole nitrogens is 1. The molecule has 0 amide bonds. The molecular formula is C23H23N3O4. The van der Waals surface area contributed by atoms with Gasteiger partial charge in [0.05, 0.1) is 20.8 Å². The number of aromatic amines is 1. The Bertz CT molecular complexity index is 1280. The van der Waals surface area contributed by atoms with Gasteiger partial charge in [-0.05, 0) is 49.7 Å². The molecule has 1 atom stereocenters. The van der Waals surface area contributed by atoms with Crippen LogP contribution in [0.1, 0.15) is 30.3 Å². The molecule has 0 radical (unpaired) electrons. The van der Waals surface area contributed by atoms with Crippen LogP contribution in [0.15, 0.2) is 51.7 Å². The molecule has 1 aliphatic rings. The van der Waals surface area contributed by atoms with E-state index in [1.54, 1.807) is 14.2 Å². The fraction of sp³-hybridized carbons (Fsp3) is 0.304. The predicted molar refractivity (Wildman–Crippen MR) is 114 cm³/mol. The lowest BCUT2D eigenvalue weighted by Crippen LogP contribution is -2.26. The summed E-state index contributed by atoms with van der Waals surface area (Å²) in [6.07, 6.45) is 2.07. The molecule has 2 aromatic carbocycles. The van der Waals surface area contributed by atoms with Gasteiger partial charge >= 0.3 is 0 Å². The van der Waals surface area contributed by atoms with E-state index in [2.05, 4.69) is 9.88 Å². The molecule has 7 heteroatoms. The number of nitrogens with zero attached hydrogens (tertiary/aromatic N) is 2. The number of nitrogens with one attached hydrogen (secondary N) is 1. The molecule has 2 aromatic heterocycles. The number of aromatic nitrogens is 2. The zero-order valence-electron chi connectivity index (χ0n) is 17.0. The number of methoxy groups -OCH3 is 2. The number of para-hydroxylation sites is 1. The highest BCUT2D eigenvalue weighted by molar-refractivity contribution is 6.01. The summed E-state index contributed by atoms with van der Waals surface area (Å²) in [7, 11) is 3.35. The average molecular weight is 405 g/mol. The molecule has 5 rings (SSSR count). The van der Waals surface area contributed by atoms with Crippen molar-refractivity contribution in [1.29, 1.82) is 0 Å². The van der Waals surface area contributed by atoms with Crippen LogP contribution >= 0.6 is 0 Å². The molecule has 0 unspecified atom stereocenters. The van der Waals surface area contributed by atoms with Gasteiger partial charge in [-0.2, -0.15) is 0 Å². The fourth-order valence-electron chi connectivity index (χ4n) is 4.38. The zero-order chi connectivity index (χ0) is 20.7. The van der Waals surface area contributed by atoms with E-state index in [0.29, 0.717) is 23.5 Å². The lowest BCUT2D eigenvalue weighted by atomic mass is 10.0. The Labute approximate surface area is 173 Å². The van der Waals surface area contributed by atoms with Gasteiger partial charge in [-0.3, -0.25) is 9.69 Å². The molecular weight excluding hydrogens is 382 g/mol. The second kappa shape index (κ2) is 7.50.